The van der Waals surface area contributed by atoms with Crippen molar-refractivity contribution in [1.82, 2.24) is 4.90 Å². The van der Waals surface area contributed by atoms with E-state index in [-0.39, 0.29) is 0 Å². The zero-order valence-corrected chi connectivity index (χ0v) is 12.6. The number of nitrogens with zero attached hydrogens (tertiary/aromatic N) is 1. The first-order chi connectivity index (χ1) is 9.20. The van der Waals surface area contributed by atoms with Gasteiger partial charge in [0.1, 0.15) is 0 Å². The summed E-state index contributed by atoms with van der Waals surface area (Å²) in [4.78, 5) is 2.69. The van der Waals surface area contributed by atoms with E-state index >= 15 is 0 Å². The van der Waals surface area contributed by atoms with Crippen molar-refractivity contribution in [3.05, 3.63) is 35.4 Å². The number of hydrogen-bond acceptors (Lipinski definition) is 1. The maximum Gasteiger partial charge on any atom is 0.0130 e. The van der Waals surface area contributed by atoms with Gasteiger partial charge >= 0.3 is 0 Å². The highest BCUT2D eigenvalue weighted by molar-refractivity contribution is 5.27. The van der Waals surface area contributed by atoms with Crippen molar-refractivity contribution in [3.8, 4) is 0 Å². The molecule has 104 valence electrons. The minimum absolute atomic E-state index is 0.800. The third kappa shape index (κ3) is 2.33. The molecule has 0 aromatic heterocycles. The van der Waals surface area contributed by atoms with E-state index < -0.39 is 0 Å². The third-order valence-electron chi connectivity index (χ3n) is 5.56. The van der Waals surface area contributed by atoms with E-state index in [4.69, 9.17) is 0 Å². The Morgan fingerprint density at radius 3 is 2.58 bits per heavy atom. The quantitative estimate of drug-likeness (QED) is 0.777. The van der Waals surface area contributed by atoms with Gasteiger partial charge in [-0.2, -0.15) is 0 Å². The van der Waals surface area contributed by atoms with E-state index in [0.717, 1.165) is 23.9 Å². The highest BCUT2D eigenvalue weighted by Crippen LogP contribution is 2.47. The largest absolute Gasteiger partial charge is 0.300 e. The lowest BCUT2D eigenvalue weighted by atomic mass is 9.74. The van der Waals surface area contributed by atoms with Crippen molar-refractivity contribution in [2.24, 2.45) is 5.92 Å². The summed E-state index contributed by atoms with van der Waals surface area (Å²) in [5.74, 6) is 1.67. The molecule has 1 heteroatoms. The Balaban J connectivity index is 1.88. The van der Waals surface area contributed by atoms with Gasteiger partial charge in [-0.3, -0.25) is 0 Å². The molecule has 1 nitrogen and oxygen atoms in total. The van der Waals surface area contributed by atoms with Crippen LogP contribution in [0.15, 0.2) is 24.3 Å². The molecule has 1 aromatic carbocycles. The van der Waals surface area contributed by atoms with Crippen molar-refractivity contribution >= 4 is 0 Å². The van der Waals surface area contributed by atoms with E-state index in [1.165, 1.54) is 37.7 Å². The average Bonchev–Trinajstić information content (AvgIpc) is 2.65. The maximum atomic E-state index is 2.69. The number of hydrogen-bond donors (Lipinski definition) is 0. The van der Waals surface area contributed by atoms with E-state index in [1.54, 1.807) is 5.56 Å². The van der Waals surface area contributed by atoms with E-state index in [9.17, 15) is 0 Å². The van der Waals surface area contributed by atoms with E-state index in [2.05, 4.69) is 50.1 Å². The molecule has 4 atom stereocenters. The zero-order valence-electron chi connectivity index (χ0n) is 12.6. The fraction of sp³-hybridized carbons (Fsp3) is 0.667. The summed E-state index contributed by atoms with van der Waals surface area (Å²) in [5.41, 5.74) is 2.97. The van der Waals surface area contributed by atoms with Crippen molar-refractivity contribution in [3.63, 3.8) is 0 Å². The Morgan fingerprint density at radius 1 is 1.16 bits per heavy atom. The Morgan fingerprint density at radius 2 is 1.89 bits per heavy atom. The summed E-state index contributed by atoms with van der Waals surface area (Å²) in [6.45, 7) is 4.53. The summed E-state index contributed by atoms with van der Waals surface area (Å²) >= 11 is 0. The van der Waals surface area contributed by atoms with Crippen molar-refractivity contribution < 1.29 is 0 Å². The fourth-order valence-corrected chi connectivity index (χ4v) is 4.50. The lowest BCUT2D eigenvalue weighted by Crippen LogP contribution is -2.45. The molecule has 0 saturated carbocycles. The second kappa shape index (κ2) is 5.28. The molecule has 2 aliphatic rings. The topological polar surface area (TPSA) is 3.24 Å². The molecule has 0 radical (unpaired) electrons. The number of piperidine rings is 1. The van der Waals surface area contributed by atoms with Gasteiger partial charge in [-0.05, 0) is 57.1 Å². The van der Waals surface area contributed by atoms with Crippen LogP contribution in [0.3, 0.4) is 0 Å². The molecule has 2 saturated heterocycles. The predicted octanol–water partition coefficient (Wildman–Crippen LogP) is 4.36. The standard InChI is InChI=1S/C18H27N/c1-4-5-16-17(14-8-6-13(2)7-9-14)12-15-10-11-18(16)19(15)3/h6-9,15-18H,4-5,10-12H2,1-3H3/t15-,16?,17-,18?/m1/s1. The molecule has 19 heavy (non-hydrogen) atoms. The zero-order chi connectivity index (χ0) is 13.4. The molecule has 3 rings (SSSR count). The highest BCUT2D eigenvalue weighted by Gasteiger charge is 2.45. The van der Waals surface area contributed by atoms with Crippen LogP contribution in [-0.4, -0.2) is 24.0 Å². The van der Waals surface area contributed by atoms with Crippen LogP contribution in [0.25, 0.3) is 0 Å². The molecule has 0 spiro atoms. The van der Waals surface area contributed by atoms with Gasteiger partial charge in [-0.1, -0.05) is 43.2 Å². The van der Waals surface area contributed by atoms with E-state index in [1.807, 2.05) is 0 Å². The van der Waals surface area contributed by atoms with Crippen molar-refractivity contribution in [2.45, 2.75) is 64.0 Å². The highest BCUT2D eigenvalue weighted by atomic mass is 15.2. The molecular weight excluding hydrogens is 230 g/mol. The van der Waals surface area contributed by atoms with Crippen LogP contribution in [0, 0.1) is 12.8 Å². The van der Waals surface area contributed by atoms with Gasteiger partial charge in [-0.15, -0.1) is 0 Å². The van der Waals surface area contributed by atoms with Gasteiger partial charge in [0.2, 0.25) is 0 Å². The molecule has 2 bridgehead atoms. The lowest BCUT2D eigenvalue weighted by Gasteiger charge is -2.43. The first-order valence-corrected chi connectivity index (χ1v) is 7.99. The van der Waals surface area contributed by atoms with Gasteiger partial charge in [0.25, 0.3) is 0 Å². The second-order valence-corrected chi connectivity index (χ2v) is 6.67. The minimum Gasteiger partial charge on any atom is -0.300 e. The van der Waals surface area contributed by atoms with Crippen LogP contribution in [0.2, 0.25) is 0 Å². The smallest absolute Gasteiger partial charge is 0.0130 e. The third-order valence-corrected chi connectivity index (χ3v) is 5.56. The number of benzene rings is 1. The van der Waals surface area contributed by atoms with Crippen LogP contribution in [0.5, 0.6) is 0 Å². The SMILES string of the molecule is CCCC1C2CC[C@H](C[C@@H]1c1ccc(C)cc1)N2C. The first-order valence-electron chi connectivity index (χ1n) is 7.99. The van der Waals surface area contributed by atoms with E-state index in [0.29, 0.717) is 0 Å². The molecule has 1 aromatic rings. The van der Waals surface area contributed by atoms with Crippen LogP contribution < -0.4 is 0 Å². The Kier molecular flexibility index (Phi) is 3.66. The molecule has 2 aliphatic heterocycles. The van der Waals surface area contributed by atoms with Crippen LogP contribution >= 0.6 is 0 Å². The van der Waals surface area contributed by atoms with Gasteiger partial charge in [-0.25, -0.2) is 0 Å². The Bertz CT molecular complexity index is 422. The minimum atomic E-state index is 0.800. The summed E-state index contributed by atoms with van der Waals surface area (Å²) in [6, 6.07) is 11.0. The van der Waals surface area contributed by atoms with Gasteiger partial charge < -0.3 is 4.90 Å². The molecule has 0 N–H and O–H groups in total. The van der Waals surface area contributed by atoms with Gasteiger partial charge in [0.05, 0.1) is 0 Å². The van der Waals surface area contributed by atoms with Crippen molar-refractivity contribution in [2.75, 3.05) is 7.05 Å². The molecule has 2 heterocycles. The fourth-order valence-electron chi connectivity index (χ4n) is 4.50. The van der Waals surface area contributed by atoms with Crippen LogP contribution in [-0.2, 0) is 0 Å². The summed E-state index contributed by atoms with van der Waals surface area (Å²) in [6.07, 6.45) is 6.93. The molecular formula is C18H27N. The number of fused-ring (bicyclic) bond motifs is 2. The number of rotatable bonds is 3. The molecule has 0 aliphatic carbocycles. The predicted molar refractivity (Wildman–Crippen MR) is 81.5 cm³/mol. The van der Waals surface area contributed by atoms with Crippen molar-refractivity contribution in [1.29, 1.82) is 0 Å². The number of aryl methyl sites for hydroxylation is 1. The Hall–Kier alpha value is -0.820. The summed E-state index contributed by atoms with van der Waals surface area (Å²) in [5, 5.41) is 0. The first kappa shape index (κ1) is 13.2. The second-order valence-electron chi connectivity index (χ2n) is 6.67. The molecule has 2 fully saturated rings. The average molecular weight is 257 g/mol. The summed E-state index contributed by atoms with van der Waals surface area (Å²) in [7, 11) is 2.36. The molecule has 0 amide bonds. The monoisotopic (exact) mass is 257 g/mol. The summed E-state index contributed by atoms with van der Waals surface area (Å²) < 4.78 is 0. The van der Waals surface area contributed by atoms with Gasteiger partial charge in [0.15, 0.2) is 0 Å². The maximum absolute atomic E-state index is 2.69. The lowest BCUT2D eigenvalue weighted by molar-refractivity contribution is 0.0940. The van der Waals surface area contributed by atoms with Gasteiger partial charge in [0, 0.05) is 12.1 Å². The Labute approximate surface area is 118 Å². The normalized spacial score (nSPS) is 34.7. The van der Waals surface area contributed by atoms with Crippen LogP contribution in [0.1, 0.15) is 56.1 Å². The van der Waals surface area contributed by atoms with Crippen LogP contribution in [0.4, 0.5) is 0 Å². The molecule has 2 unspecified atom stereocenters.